The minimum atomic E-state index is -3.05. The molecule has 7 heteroatoms. The van der Waals surface area contributed by atoms with Gasteiger partial charge in [-0.05, 0) is 38.0 Å². The first-order chi connectivity index (χ1) is 12.6. The summed E-state index contributed by atoms with van der Waals surface area (Å²) in [4.78, 5) is 23.1. The number of aryl methyl sites for hydroxylation is 2. The van der Waals surface area contributed by atoms with Crippen LogP contribution in [0.5, 0.6) is 0 Å². The number of aromatic nitrogens is 2. The lowest BCUT2D eigenvalue weighted by molar-refractivity contribution is 0.0122. The Morgan fingerprint density at radius 1 is 1.26 bits per heavy atom. The number of nitrogens with zero attached hydrogens (tertiary/aromatic N) is 3. The van der Waals surface area contributed by atoms with Crippen molar-refractivity contribution in [2.24, 2.45) is 5.73 Å². The van der Waals surface area contributed by atoms with E-state index in [0.717, 1.165) is 18.1 Å². The number of hydrogen-bond donors (Lipinski definition) is 1. The van der Waals surface area contributed by atoms with Crippen LogP contribution in [0.4, 0.5) is 8.78 Å². The largest absolute Gasteiger partial charge is 0.336 e. The number of alkyl halides is 2. The van der Waals surface area contributed by atoms with Crippen LogP contribution in [0.2, 0.25) is 0 Å². The second-order valence-electron chi connectivity index (χ2n) is 8.05. The smallest absolute Gasteiger partial charge is 0.287 e. The molecule has 2 N–H and O–H groups in total. The summed E-state index contributed by atoms with van der Waals surface area (Å²) in [6, 6.07) is 6.97. The predicted octanol–water partition coefficient (Wildman–Crippen LogP) is 2.70. The van der Waals surface area contributed by atoms with Crippen LogP contribution in [-0.2, 0) is 11.3 Å². The van der Waals surface area contributed by atoms with Crippen LogP contribution >= 0.6 is 0 Å². The number of likely N-dealkylation sites (tertiary alicyclic amines) is 1. The zero-order chi connectivity index (χ0) is 19.6. The molecule has 142 valence electrons. The van der Waals surface area contributed by atoms with E-state index < -0.39 is 16.9 Å². The van der Waals surface area contributed by atoms with Crippen molar-refractivity contribution in [2.45, 2.75) is 44.1 Å². The van der Waals surface area contributed by atoms with E-state index >= 15 is 0 Å². The fourth-order valence-electron chi connectivity index (χ4n) is 4.12. The first-order valence-corrected chi connectivity index (χ1v) is 8.93. The highest BCUT2D eigenvalue weighted by Gasteiger charge is 2.73. The standard InChI is InChI=1S/C20H22F2N4O/c1-12-4-5-13(2)14(8-12)16(27)26-10-19(9-20(19,23)11-26)17-24-7-6-15(25-17)18(3,21)22/h4-8H,9-11,23H2,1-3H3. The van der Waals surface area contributed by atoms with Crippen LogP contribution in [-0.4, -0.2) is 39.4 Å². The van der Waals surface area contributed by atoms with Crippen LogP contribution in [0.25, 0.3) is 0 Å². The lowest BCUT2D eigenvalue weighted by atomic mass is 10.0. The highest BCUT2D eigenvalue weighted by molar-refractivity contribution is 5.96. The maximum atomic E-state index is 13.7. The number of carbonyl (C=O) groups excluding carboxylic acids is 1. The van der Waals surface area contributed by atoms with Crippen LogP contribution in [0, 0.1) is 13.8 Å². The first kappa shape index (κ1) is 18.0. The summed E-state index contributed by atoms with van der Waals surface area (Å²) >= 11 is 0. The molecule has 2 aliphatic rings. The monoisotopic (exact) mass is 372 g/mol. The van der Waals surface area contributed by atoms with Crippen LogP contribution in [0.1, 0.15) is 46.3 Å². The molecule has 0 spiro atoms. The van der Waals surface area contributed by atoms with E-state index in [1.54, 1.807) is 4.90 Å². The Hall–Kier alpha value is -2.41. The summed E-state index contributed by atoms with van der Waals surface area (Å²) in [5.41, 5.74) is 7.40. The van der Waals surface area contributed by atoms with Crippen LogP contribution < -0.4 is 5.73 Å². The number of halogens is 2. The Labute approximate surface area is 156 Å². The van der Waals surface area contributed by atoms with Crippen molar-refractivity contribution in [3.8, 4) is 0 Å². The summed E-state index contributed by atoms with van der Waals surface area (Å²) in [5.74, 6) is -2.84. The van der Waals surface area contributed by atoms with Gasteiger partial charge in [-0.3, -0.25) is 4.79 Å². The molecular weight excluding hydrogens is 350 g/mol. The normalized spacial score (nSPS) is 26.8. The molecule has 1 saturated heterocycles. The Balaban J connectivity index is 1.65. The van der Waals surface area contributed by atoms with Crippen LogP contribution in [0.3, 0.4) is 0 Å². The van der Waals surface area contributed by atoms with Gasteiger partial charge in [-0.1, -0.05) is 17.7 Å². The van der Waals surface area contributed by atoms with Crippen molar-refractivity contribution in [1.82, 2.24) is 14.9 Å². The van der Waals surface area contributed by atoms with Crippen molar-refractivity contribution < 1.29 is 13.6 Å². The van der Waals surface area contributed by atoms with E-state index in [0.29, 0.717) is 30.9 Å². The Morgan fingerprint density at radius 3 is 2.70 bits per heavy atom. The first-order valence-electron chi connectivity index (χ1n) is 8.93. The van der Waals surface area contributed by atoms with Gasteiger partial charge in [0.05, 0.1) is 5.41 Å². The van der Waals surface area contributed by atoms with E-state index in [9.17, 15) is 13.6 Å². The molecule has 0 radical (unpaired) electrons. The maximum absolute atomic E-state index is 13.7. The lowest BCUT2D eigenvalue weighted by Gasteiger charge is -2.22. The number of carbonyl (C=O) groups is 1. The minimum Gasteiger partial charge on any atom is -0.336 e. The summed E-state index contributed by atoms with van der Waals surface area (Å²) in [6.07, 6.45) is 1.94. The Morgan fingerprint density at radius 2 is 2.00 bits per heavy atom. The number of piperidine rings is 1. The highest BCUT2D eigenvalue weighted by Crippen LogP contribution is 2.59. The second-order valence-corrected chi connectivity index (χ2v) is 8.05. The molecule has 1 amide bonds. The maximum Gasteiger partial charge on any atom is 0.287 e. The molecule has 5 nitrogen and oxygen atoms in total. The van der Waals surface area contributed by atoms with E-state index in [4.69, 9.17) is 5.73 Å². The second kappa shape index (κ2) is 5.55. The molecule has 2 fully saturated rings. The molecular formula is C20H22F2N4O. The molecule has 2 aromatic rings. The topological polar surface area (TPSA) is 72.1 Å². The number of hydrogen-bond acceptors (Lipinski definition) is 4. The van der Waals surface area contributed by atoms with Gasteiger partial charge in [0.1, 0.15) is 11.5 Å². The number of benzene rings is 1. The molecule has 4 rings (SSSR count). The van der Waals surface area contributed by atoms with Crippen LogP contribution in [0.15, 0.2) is 30.5 Å². The molecule has 0 bridgehead atoms. The van der Waals surface area contributed by atoms with E-state index in [-0.39, 0.29) is 11.6 Å². The average Bonchev–Trinajstić information content (AvgIpc) is 3.08. The summed E-state index contributed by atoms with van der Waals surface area (Å²) in [5, 5.41) is 0. The molecule has 1 aromatic carbocycles. The van der Waals surface area contributed by atoms with Crippen molar-refractivity contribution >= 4 is 5.91 Å². The molecule has 1 aliphatic carbocycles. The number of fused-ring (bicyclic) bond motifs is 1. The van der Waals surface area contributed by atoms with Gasteiger partial charge in [0, 0.05) is 37.3 Å². The third-order valence-corrected chi connectivity index (χ3v) is 5.82. The van der Waals surface area contributed by atoms with Crippen molar-refractivity contribution in [1.29, 1.82) is 0 Å². The van der Waals surface area contributed by atoms with Gasteiger partial charge in [-0.15, -0.1) is 0 Å². The molecule has 1 saturated carbocycles. The van der Waals surface area contributed by atoms with E-state index in [2.05, 4.69) is 9.97 Å². The van der Waals surface area contributed by atoms with Crippen molar-refractivity contribution in [3.63, 3.8) is 0 Å². The van der Waals surface area contributed by atoms with Gasteiger partial charge in [-0.25, -0.2) is 9.97 Å². The lowest BCUT2D eigenvalue weighted by Crippen LogP contribution is -2.37. The average molecular weight is 372 g/mol. The molecule has 1 aromatic heterocycles. The molecule has 2 atom stereocenters. The summed E-state index contributed by atoms with van der Waals surface area (Å²) in [7, 11) is 0. The highest BCUT2D eigenvalue weighted by atomic mass is 19.3. The van der Waals surface area contributed by atoms with E-state index in [1.807, 2.05) is 32.0 Å². The molecule has 2 unspecified atom stereocenters. The van der Waals surface area contributed by atoms with Gasteiger partial charge in [-0.2, -0.15) is 8.78 Å². The number of amides is 1. The third-order valence-electron chi connectivity index (χ3n) is 5.82. The summed E-state index contributed by atoms with van der Waals surface area (Å²) in [6.45, 7) is 5.36. The number of nitrogens with two attached hydrogens (primary N) is 1. The molecule has 2 heterocycles. The predicted molar refractivity (Wildman–Crippen MR) is 96.6 cm³/mol. The fraction of sp³-hybridized carbons (Fsp3) is 0.450. The molecule has 1 aliphatic heterocycles. The third kappa shape index (κ3) is 2.72. The Bertz CT molecular complexity index is 942. The van der Waals surface area contributed by atoms with Gasteiger partial charge in [0.15, 0.2) is 0 Å². The minimum absolute atomic E-state index is 0.0930. The fourth-order valence-corrected chi connectivity index (χ4v) is 4.12. The summed E-state index contributed by atoms with van der Waals surface area (Å²) < 4.78 is 27.4. The van der Waals surface area contributed by atoms with Gasteiger partial charge in [0.25, 0.3) is 11.8 Å². The van der Waals surface area contributed by atoms with Gasteiger partial charge >= 0.3 is 0 Å². The zero-order valence-corrected chi connectivity index (χ0v) is 15.6. The Kier molecular flexibility index (Phi) is 3.69. The van der Waals surface area contributed by atoms with Crippen molar-refractivity contribution in [2.75, 3.05) is 13.1 Å². The number of rotatable bonds is 3. The SMILES string of the molecule is Cc1ccc(C)c(C(=O)N2CC3(N)CC3(c3nccc(C(C)(F)F)n3)C2)c1. The van der Waals surface area contributed by atoms with E-state index in [1.165, 1.54) is 12.3 Å². The molecule has 27 heavy (non-hydrogen) atoms. The van der Waals surface area contributed by atoms with Gasteiger partial charge < -0.3 is 10.6 Å². The quantitative estimate of drug-likeness (QED) is 0.899. The zero-order valence-electron chi connectivity index (χ0n) is 15.6. The van der Waals surface area contributed by atoms with Gasteiger partial charge in [0.2, 0.25) is 0 Å². The van der Waals surface area contributed by atoms with Crippen molar-refractivity contribution in [3.05, 3.63) is 58.7 Å².